The van der Waals surface area contributed by atoms with Crippen molar-refractivity contribution in [2.75, 3.05) is 0 Å². The van der Waals surface area contributed by atoms with Crippen LogP contribution in [0.2, 0.25) is 0 Å². The Kier molecular flexibility index (Phi) is 8.07. The highest BCUT2D eigenvalue weighted by molar-refractivity contribution is 5.80. The second-order valence-electron chi connectivity index (χ2n) is 7.45. The van der Waals surface area contributed by atoms with Crippen LogP contribution < -0.4 is 5.32 Å². The minimum absolute atomic E-state index is 0.00956. The summed E-state index contributed by atoms with van der Waals surface area (Å²) in [6.45, 7) is 3.71. The zero-order chi connectivity index (χ0) is 19.6. The van der Waals surface area contributed by atoms with Gasteiger partial charge in [0.25, 0.3) is 0 Å². The van der Waals surface area contributed by atoms with Gasteiger partial charge in [-0.25, -0.2) is 0 Å². The van der Waals surface area contributed by atoms with Gasteiger partial charge in [-0.05, 0) is 36.0 Å². The molecular weight excluding hydrogens is 350 g/mol. The van der Waals surface area contributed by atoms with Crippen LogP contribution in [0.5, 0.6) is 0 Å². The Morgan fingerprint density at radius 3 is 2.21 bits per heavy atom. The molecule has 0 aliphatic heterocycles. The third kappa shape index (κ3) is 6.47. The Labute approximate surface area is 168 Å². The predicted octanol–water partition coefficient (Wildman–Crippen LogP) is 4.76. The lowest BCUT2D eigenvalue weighted by Gasteiger charge is -2.20. The second kappa shape index (κ2) is 11.0. The molecule has 3 rings (SSSR count). The molecule has 0 radical (unpaired) electrons. The first-order chi connectivity index (χ1) is 13.7. The zero-order valence-electron chi connectivity index (χ0n) is 16.7. The van der Waals surface area contributed by atoms with Crippen molar-refractivity contribution in [2.24, 2.45) is 0 Å². The van der Waals surface area contributed by atoms with Crippen LogP contribution in [-0.2, 0) is 34.0 Å². The smallest absolute Gasteiger partial charge is 0.249 e. The fourth-order valence-corrected chi connectivity index (χ4v) is 3.52. The van der Waals surface area contributed by atoms with Crippen molar-refractivity contribution in [2.45, 2.75) is 71.0 Å². The Balaban J connectivity index is 1.40. The van der Waals surface area contributed by atoms with Crippen molar-refractivity contribution in [1.82, 2.24) is 5.32 Å². The maximum atomic E-state index is 12.4. The number of carbonyl (C=O) groups excluding carboxylic acids is 1. The first-order valence-corrected chi connectivity index (χ1v) is 10.4. The highest BCUT2D eigenvalue weighted by atomic mass is 16.5. The average molecular weight is 382 g/mol. The molecule has 2 aromatic carbocycles. The number of amides is 1. The summed E-state index contributed by atoms with van der Waals surface area (Å²) in [4.78, 5) is 12.4. The van der Waals surface area contributed by atoms with Gasteiger partial charge in [-0.15, -0.1) is 0 Å². The van der Waals surface area contributed by atoms with Gasteiger partial charge in [-0.1, -0.05) is 74.4 Å². The number of rotatable bonds is 10. The van der Waals surface area contributed by atoms with Gasteiger partial charge in [0.15, 0.2) is 0 Å². The zero-order valence-corrected chi connectivity index (χ0v) is 16.7. The first-order valence-electron chi connectivity index (χ1n) is 10.4. The summed E-state index contributed by atoms with van der Waals surface area (Å²) < 4.78 is 11.7. The molecule has 1 amide bonds. The van der Waals surface area contributed by atoms with E-state index in [1.54, 1.807) is 0 Å². The standard InChI is InChI=1S/C24H31NO3/c1-2-23(28-22-10-6-7-11-22)24(26)25-16-19-12-14-21(15-13-19)18-27-17-20-8-4-3-5-9-20/h3-5,8-9,12-15,22-23H,2,6-7,10-11,16-18H2,1H3,(H,25,26). The van der Waals surface area contributed by atoms with E-state index in [0.717, 1.165) is 24.0 Å². The minimum Gasteiger partial charge on any atom is -0.372 e. The van der Waals surface area contributed by atoms with E-state index in [1.807, 2.05) is 37.3 Å². The maximum Gasteiger partial charge on any atom is 0.249 e. The van der Waals surface area contributed by atoms with Crippen LogP contribution in [0.25, 0.3) is 0 Å². The van der Waals surface area contributed by atoms with Crippen molar-refractivity contribution in [3.05, 3.63) is 71.3 Å². The number of nitrogens with one attached hydrogen (secondary N) is 1. The normalized spacial score (nSPS) is 15.5. The molecule has 2 aromatic rings. The summed E-state index contributed by atoms with van der Waals surface area (Å²) in [5.74, 6) is -0.00956. The van der Waals surface area contributed by atoms with Gasteiger partial charge in [-0.3, -0.25) is 4.79 Å². The van der Waals surface area contributed by atoms with Gasteiger partial charge in [0, 0.05) is 6.54 Å². The quantitative estimate of drug-likeness (QED) is 0.646. The van der Waals surface area contributed by atoms with Crippen LogP contribution >= 0.6 is 0 Å². The molecule has 0 aromatic heterocycles. The molecule has 1 aliphatic carbocycles. The van der Waals surface area contributed by atoms with Crippen LogP contribution in [-0.4, -0.2) is 18.1 Å². The summed E-state index contributed by atoms with van der Waals surface area (Å²) in [5, 5.41) is 3.01. The van der Waals surface area contributed by atoms with Crippen LogP contribution in [0, 0.1) is 0 Å². The molecule has 1 atom stereocenters. The van der Waals surface area contributed by atoms with Crippen molar-refractivity contribution in [1.29, 1.82) is 0 Å². The van der Waals surface area contributed by atoms with Gasteiger partial charge in [-0.2, -0.15) is 0 Å². The van der Waals surface area contributed by atoms with Crippen LogP contribution in [0.15, 0.2) is 54.6 Å². The van der Waals surface area contributed by atoms with Crippen molar-refractivity contribution < 1.29 is 14.3 Å². The summed E-state index contributed by atoms with van der Waals surface area (Å²) >= 11 is 0. The lowest BCUT2D eigenvalue weighted by Crippen LogP contribution is -2.37. The Morgan fingerprint density at radius 1 is 0.964 bits per heavy atom. The molecule has 150 valence electrons. The number of hydrogen-bond acceptors (Lipinski definition) is 3. The Bertz CT molecular complexity index is 708. The van der Waals surface area contributed by atoms with Crippen LogP contribution in [0.1, 0.15) is 55.7 Å². The van der Waals surface area contributed by atoms with E-state index in [0.29, 0.717) is 26.2 Å². The van der Waals surface area contributed by atoms with Crippen molar-refractivity contribution in [3.63, 3.8) is 0 Å². The molecule has 0 heterocycles. The minimum atomic E-state index is -0.339. The number of carbonyl (C=O) groups is 1. The SMILES string of the molecule is CCC(OC1CCCC1)C(=O)NCc1ccc(COCc2ccccc2)cc1. The van der Waals surface area contributed by atoms with Crippen LogP contribution in [0.4, 0.5) is 0 Å². The van der Waals surface area contributed by atoms with Gasteiger partial charge >= 0.3 is 0 Å². The second-order valence-corrected chi connectivity index (χ2v) is 7.45. The number of benzene rings is 2. The van der Waals surface area contributed by atoms with E-state index in [-0.39, 0.29) is 18.1 Å². The van der Waals surface area contributed by atoms with Gasteiger partial charge in [0.2, 0.25) is 5.91 Å². The summed E-state index contributed by atoms with van der Waals surface area (Å²) in [7, 11) is 0. The third-order valence-electron chi connectivity index (χ3n) is 5.19. The fourth-order valence-electron chi connectivity index (χ4n) is 3.52. The van der Waals surface area contributed by atoms with Gasteiger partial charge in [0.1, 0.15) is 6.10 Å². The highest BCUT2D eigenvalue weighted by Gasteiger charge is 2.24. The Morgan fingerprint density at radius 2 is 1.57 bits per heavy atom. The van der Waals surface area contributed by atoms with E-state index in [9.17, 15) is 4.79 Å². The molecule has 1 fully saturated rings. The largest absolute Gasteiger partial charge is 0.372 e. The first kappa shape index (κ1) is 20.6. The molecule has 1 saturated carbocycles. The molecule has 0 bridgehead atoms. The third-order valence-corrected chi connectivity index (χ3v) is 5.19. The van der Waals surface area contributed by atoms with Gasteiger partial charge in [0.05, 0.1) is 19.3 Å². The molecule has 4 nitrogen and oxygen atoms in total. The summed E-state index contributed by atoms with van der Waals surface area (Å²) in [5.41, 5.74) is 3.38. The number of hydrogen-bond donors (Lipinski definition) is 1. The van der Waals surface area contributed by atoms with Gasteiger partial charge < -0.3 is 14.8 Å². The molecule has 28 heavy (non-hydrogen) atoms. The summed E-state index contributed by atoms with van der Waals surface area (Å²) in [6.07, 6.45) is 5.21. The molecule has 1 aliphatic rings. The van der Waals surface area contributed by atoms with E-state index in [1.165, 1.54) is 18.4 Å². The fraction of sp³-hybridized carbons (Fsp3) is 0.458. The van der Waals surface area contributed by atoms with Crippen molar-refractivity contribution in [3.8, 4) is 0 Å². The topological polar surface area (TPSA) is 47.6 Å². The molecular formula is C24H31NO3. The molecule has 1 N–H and O–H groups in total. The molecule has 0 spiro atoms. The maximum absolute atomic E-state index is 12.4. The van der Waals surface area contributed by atoms with Crippen LogP contribution in [0.3, 0.4) is 0 Å². The summed E-state index contributed by atoms with van der Waals surface area (Å²) in [6, 6.07) is 18.4. The van der Waals surface area contributed by atoms with E-state index in [4.69, 9.17) is 9.47 Å². The average Bonchev–Trinajstić information content (AvgIpc) is 3.25. The number of ether oxygens (including phenoxy) is 2. The molecule has 1 unspecified atom stereocenters. The monoisotopic (exact) mass is 381 g/mol. The van der Waals surface area contributed by atoms with E-state index < -0.39 is 0 Å². The Hall–Kier alpha value is -2.17. The lowest BCUT2D eigenvalue weighted by atomic mass is 10.1. The molecule has 4 heteroatoms. The van der Waals surface area contributed by atoms with E-state index in [2.05, 4.69) is 29.6 Å². The lowest BCUT2D eigenvalue weighted by molar-refractivity contribution is -0.136. The molecule has 0 saturated heterocycles. The highest BCUT2D eigenvalue weighted by Crippen LogP contribution is 2.23. The van der Waals surface area contributed by atoms with E-state index >= 15 is 0 Å². The predicted molar refractivity (Wildman–Crippen MR) is 111 cm³/mol. The van der Waals surface area contributed by atoms with Crippen molar-refractivity contribution >= 4 is 5.91 Å².